The van der Waals surface area contributed by atoms with Crippen LogP contribution in [0, 0.1) is 5.92 Å². The van der Waals surface area contributed by atoms with Gasteiger partial charge in [0.25, 0.3) is 5.91 Å². The first-order valence-corrected chi connectivity index (χ1v) is 12.6. The third kappa shape index (κ3) is 5.93. The molecule has 1 aromatic heterocycles. The average molecular weight is 499 g/mol. The van der Waals surface area contributed by atoms with Gasteiger partial charge in [-0.3, -0.25) is 19.3 Å². The van der Waals surface area contributed by atoms with Crippen molar-refractivity contribution >= 4 is 11.9 Å². The van der Waals surface area contributed by atoms with Crippen LogP contribution in [0.3, 0.4) is 0 Å². The van der Waals surface area contributed by atoms with Crippen molar-refractivity contribution in [2.75, 3.05) is 33.0 Å². The highest BCUT2D eigenvalue weighted by molar-refractivity contribution is 5.78. The highest BCUT2D eigenvalue weighted by atomic mass is 16.7. The topological polar surface area (TPSA) is 114 Å². The zero-order valence-corrected chi connectivity index (χ0v) is 20.8. The number of carboxylic acid groups (broad SMARTS) is 1. The minimum absolute atomic E-state index is 0.0863. The molecule has 3 heterocycles. The molecule has 1 fully saturated rings. The number of likely N-dealkylation sites (tertiary alicyclic amines) is 1. The number of hydrogen-bond acceptors (Lipinski definition) is 8. The van der Waals surface area contributed by atoms with Crippen LogP contribution in [0.5, 0.6) is 11.5 Å². The maximum Gasteiger partial charge on any atom is 0.308 e. The lowest BCUT2D eigenvalue weighted by Crippen LogP contribution is -2.44. The van der Waals surface area contributed by atoms with Crippen molar-refractivity contribution in [2.24, 2.45) is 5.92 Å². The van der Waals surface area contributed by atoms with Crippen LogP contribution < -0.4 is 9.47 Å². The van der Waals surface area contributed by atoms with Crippen LogP contribution in [0.25, 0.3) is 0 Å². The molecule has 1 saturated heterocycles. The quantitative estimate of drug-likeness (QED) is 0.441. The first-order chi connectivity index (χ1) is 17.5. The van der Waals surface area contributed by atoms with E-state index in [-0.39, 0.29) is 31.2 Å². The Bertz CT molecular complexity index is 1040. The number of aliphatic carboxylic acids is 1. The molecule has 0 bridgehead atoms. The fraction of sp³-hybridized carbons (Fsp3) is 0.538. The van der Waals surface area contributed by atoms with Crippen LogP contribution in [0.4, 0.5) is 0 Å². The van der Waals surface area contributed by atoms with E-state index in [4.69, 9.17) is 14.3 Å². The van der Waals surface area contributed by atoms with Crippen LogP contribution in [0.15, 0.2) is 36.8 Å². The Morgan fingerprint density at radius 3 is 2.75 bits per heavy atom. The first-order valence-electron chi connectivity index (χ1n) is 12.6. The summed E-state index contributed by atoms with van der Waals surface area (Å²) in [5.74, 6) is -0.779. The van der Waals surface area contributed by atoms with Gasteiger partial charge >= 0.3 is 5.97 Å². The highest BCUT2D eigenvalue weighted by Crippen LogP contribution is 2.43. The van der Waals surface area contributed by atoms with E-state index < -0.39 is 11.9 Å². The average Bonchev–Trinajstić information content (AvgIpc) is 3.50. The number of aromatic nitrogens is 2. The number of aryl methyl sites for hydroxylation is 1. The standard InChI is InChI=1S/C26H34N4O6/c1-3-11-30(36-12-4-2)24(31)15-29-14-20(18-5-8-22-23(13-18)35-17-34-22)25(26(32)33)21(29)7-6-19-9-10-27-16-28-19/h5,8-10,13,16,20-21,25H,3-4,6-7,11-12,14-15,17H2,1-2H3,(H,32,33)/t20-,21+,25-/m1/s1. The summed E-state index contributed by atoms with van der Waals surface area (Å²) in [6.45, 7) is 5.61. The third-order valence-corrected chi connectivity index (χ3v) is 6.69. The van der Waals surface area contributed by atoms with Gasteiger partial charge in [0.1, 0.15) is 6.33 Å². The molecule has 2 aliphatic rings. The second-order valence-corrected chi connectivity index (χ2v) is 9.15. The van der Waals surface area contributed by atoms with E-state index in [0.29, 0.717) is 44.0 Å². The summed E-state index contributed by atoms with van der Waals surface area (Å²) in [6.07, 6.45) is 5.86. The van der Waals surface area contributed by atoms with Gasteiger partial charge in [-0.1, -0.05) is 19.9 Å². The van der Waals surface area contributed by atoms with Gasteiger partial charge in [-0.2, -0.15) is 0 Å². The molecule has 4 rings (SSSR count). The van der Waals surface area contributed by atoms with Crippen LogP contribution in [0.2, 0.25) is 0 Å². The molecule has 36 heavy (non-hydrogen) atoms. The molecule has 194 valence electrons. The first kappa shape index (κ1) is 25.8. The van der Waals surface area contributed by atoms with Crippen molar-refractivity contribution in [3.05, 3.63) is 48.0 Å². The van der Waals surface area contributed by atoms with E-state index in [0.717, 1.165) is 24.1 Å². The molecular weight excluding hydrogens is 464 g/mol. The Hall–Kier alpha value is -3.24. The molecular formula is C26H34N4O6. The van der Waals surface area contributed by atoms with Gasteiger partial charge in [0.2, 0.25) is 6.79 Å². The summed E-state index contributed by atoms with van der Waals surface area (Å²) in [4.78, 5) is 41.8. The van der Waals surface area contributed by atoms with Crippen LogP contribution in [-0.4, -0.2) is 76.0 Å². The van der Waals surface area contributed by atoms with Gasteiger partial charge in [0, 0.05) is 36.9 Å². The fourth-order valence-electron chi connectivity index (χ4n) is 5.01. The summed E-state index contributed by atoms with van der Waals surface area (Å²) >= 11 is 0. The maximum absolute atomic E-state index is 13.2. The Kier molecular flexibility index (Phi) is 8.71. The molecule has 10 nitrogen and oxygen atoms in total. The van der Waals surface area contributed by atoms with E-state index in [1.165, 1.54) is 11.4 Å². The van der Waals surface area contributed by atoms with Crippen molar-refractivity contribution < 1.29 is 29.0 Å². The largest absolute Gasteiger partial charge is 0.481 e. The summed E-state index contributed by atoms with van der Waals surface area (Å²) in [7, 11) is 0. The predicted octanol–water partition coefficient (Wildman–Crippen LogP) is 2.89. The van der Waals surface area contributed by atoms with Crippen molar-refractivity contribution in [2.45, 2.75) is 51.5 Å². The van der Waals surface area contributed by atoms with E-state index >= 15 is 0 Å². The van der Waals surface area contributed by atoms with Crippen LogP contribution in [-0.2, 0) is 20.8 Å². The SMILES string of the molecule is CCCON(CCC)C(=O)CN1C[C@H](c2ccc3c(c2)OCO3)[C@@H](C(=O)O)[C@@H]1CCc1ccncn1. The van der Waals surface area contributed by atoms with Gasteiger partial charge in [-0.15, -0.1) is 0 Å². The molecule has 0 radical (unpaired) electrons. The molecule has 0 aliphatic carbocycles. The molecule has 1 N–H and O–H groups in total. The predicted molar refractivity (Wildman–Crippen MR) is 130 cm³/mol. The van der Waals surface area contributed by atoms with Crippen molar-refractivity contribution in [3.63, 3.8) is 0 Å². The number of ether oxygens (including phenoxy) is 2. The Morgan fingerprint density at radius 1 is 1.19 bits per heavy atom. The summed E-state index contributed by atoms with van der Waals surface area (Å²) in [6, 6.07) is 7.06. The number of nitrogens with zero attached hydrogens (tertiary/aromatic N) is 4. The van der Waals surface area contributed by atoms with Gasteiger partial charge in [-0.05, 0) is 49.4 Å². The van der Waals surface area contributed by atoms with Crippen LogP contribution in [0.1, 0.15) is 50.3 Å². The zero-order chi connectivity index (χ0) is 25.5. The van der Waals surface area contributed by atoms with Gasteiger partial charge in [0.05, 0.1) is 19.1 Å². The van der Waals surface area contributed by atoms with Crippen molar-refractivity contribution in [1.82, 2.24) is 19.9 Å². The highest BCUT2D eigenvalue weighted by Gasteiger charge is 2.47. The zero-order valence-electron chi connectivity index (χ0n) is 20.8. The fourth-order valence-corrected chi connectivity index (χ4v) is 5.01. The van der Waals surface area contributed by atoms with E-state index in [2.05, 4.69) is 9.97 Å². The van der Waals surface area contributed by atoms with Crippen LogP contribution >= 0.6 is 0 Å². The molecule has 10 heteroatoms. The number of carbonyl (C=O) groups is 2. The molecule has 0 spiro atoms. The number of hydrogen-bond donors (Lipinski definition) is 1. The molecule has 2 aliphatic heterocycles. The minimum atomic E-state index is -0.882. The van der Waals surface area contributed by atoms with Crippen molar-refractivity contribution in [1.29, 1.82) is 0 Å². The lowest BCUT2D eigenvalue weighted by Gasteiger charge is -2.29. The van der Waals surface area contributed by atoms with E-state index in [1.54, 1.807) is 6.20 Å². The molecule has 1 amide bonds. The number of amides is 1. The summed E-state index contributed by atoms with van der Waals surface area (Å²) in [5, 5.41) is 11.8. The molecule has 3 atom stereocenters. The Morgan fingerprint density at radius 2 is 2.03 bits per heavy atom. The van der Waals surface area contributed by atoms with Crippen molar-refractivity contribution in [3.8, 4) is 11.5 Å². The molecule has 2 aromatic rings. The second kappa shape index (κ2) is 12.1. The smallest absolute Gasteiger partial charge is 0.308 e. The lowest BCUT2D eigenvalue weighted by atomic mass is 9.83. The Labute approximate surface area is 211 Å². The number of carbonyl (C=O) groups excluding carboxylic acids is 1. The van der Waals surface area contributed by atoms with Gasteiger partial charge in [0.15, 0.2) is 11.5 Å². The Balaban J connectivity index is 1.59. The number of carboxylic acids is 1. The maximum atomic E-state index is 13.2. The second-order valence-electron chi connectivity index (χ2n) is 9.15. The normalized spacial score (nSPS) is 21.0. The van der Waals surface area contributed by atoms with Gasteiger partial charge < -0.3 is 14.6 Å². The molecule has 0 saturated carbocycles. The van der Waals surface area contributed by atoms with E-state index in [1.807, 2.05) is 43.0 Å². The molecule has 1 aromatic carbocycles. The lowest BCUT2D eigenvalue weighted by molar-refractivity contribution is -0.188. The molecule has 0 unspecified atom stereocenters. The summed E-state index contributed by atoms with van der Waals surface area (Å²) in [5.41, 5.74) is 1.70. The van der Waals surface area contributed by atoms with Gasteiger partial charge in [-0.25, -0.2) is 15.0 Å². The summed E-state index contributed by atoms with van der Waals surface area (Å²) < 4.78 is 11.0. The monoisotopic (exact) mass is 498 g/mol. The number of fused-ring (bicyclic) bond motifs is 1. The van der Waals surface area contributed by atoms with E-state index in [9.17, 15) is 14.7 Å². The number of rotatable bonds is 12. The minimum Gasteiger partial charge on any atom is -0.481 e. The number of benzene rings is 1. The number of hydroxylamine groups is 2. The third-order valence-electron chi connectivity index (χ3n) is 6.69.